The SMILES string of the molecule is CCCC[Si](CCCC)(CCCC)c1ccc(P(c2ccc([Si](CCCC)(CCCC)CCCC)cc2)N(c2ccccc2)P(c2cccc3ccoc23)c2cccc3ccoc23)cc1. The molecule has 3 nitrogen and oxygen atoms in total. The van der Waals surface area contributed by atoms with Crippen LogP contribution in [0.15, 0.2) is 149 Å². The van der Waals surface area contributed by atoms with E-state index in [0.717, 1.165) is 21.9 Å². The second kappa shape index (κ2) is 24.3. The lowest BCUT2D eigenvalue weighted by atomic mass is 10.2. The van der Waals surface area contributed by atoms with Gasteiger partial charge in [0.2, 0.25) is 0 Å². The third kappa shape index (κ3) is 11.4. The van der Waals surface area contributed by atoms with Gasteiger partial charge < -0.3 is 13.3 Å². The maximum absolute atomic E-state index is 6.50. The van der Waals surface area contributed by atoms with Crippen molar-refractivity contribution in [2.75, 3.05) is 4.44 Å². The van der Waals surface area contributed by atoms with Crippen LogP contribution in [0.5, 0.6) is 0 Å². The van der Waals surface area contributed by atoms with Crippen molar-refractivity contribution in [3.05, 3.63) is 140 Å². The summed E-state index contributed by atoms with van der Waals surface area (Å²) in [5, 5.41) is 10.9. The number of benzene rings is 5. The third-order valence-electron chi connectivity index (χ3n) is 14.2. The Bertz CT molecular complexity index is 2270. The van der Waals surface area contributed by atoms with Crippen molar-refractivity contribution in [2.24, 2.45) is 0 Å². The van der Waals surface area contributed by atoms with Crippen molar-refractivity contribution in [2.45, 2.75) is 155 Å². The highest BCUT2D eigenvalue weighted by molar-refractivity contribution is 7.91. The van der Waals surface area contributed by atoms with Gasteiger partial charge in [-0.2, -0.15) is 0 Å². The van der Waals surface area contributed by atoms with E-state index in [1.165, 1.54) is 140 Å². The van der Waals surface area contributed by atoms with Crippen LogP contribution >= 0.6 is 16.1 Å². The van der Waals surface area contributed by atoms with Crippen molar-refractivity contribution in [1.29, 1.82) is 0 Å². The molecule has 7 heteroatoms. The Kier molecular flexibility index (Phi) is 18.4. The Balaban J connectivity index is 1.49. The Hall–Kier alpha value is -3.73. The second-order valence-corrected chi connectivity index (χ2v) is 32.4. The lowest BCUT2D eigenvalue weighted by molar-refractivity contribution is 0.618. The summed E-state index contributed by atoms with van der Waals surface area (Å²) >= 11 is 0. The van der Waals surface area contributed by atoms with Crippen molar-refractivity contribution in [3.63, 3.8) is 0 Å². The third-order valence-corrected chi connectivity index (χ3v) is 30.7. The van der Waals surface area contributed by atoms with Crippen LogP contribution in [0.4, 0.5) is 5.69 Å². The molecule has 344 valence electrons. The van der Waals surface area contributed by atoms with E-state index in [9.17, 15) is 0 Å². The Morgan fingerprint density at radius 3 is 1.11 bits per heavy atom. The normalized spacial score (nSPS) is 12.3. The number of hydrogen-bond acceptors (Lipinski definition) is 3. The average molecular weight is 938 g/mol. The van der Waals surface area contributed by atoms with Crippen molar-refractivity contribution < 1.29 is 8.83 Å². The fourth-order valence-electron chi connectivity index (χ4n) is 10.5. The first-order valence-electron chi connectivity index (χ1n) is 25.5. The molecule has 0 aliphatic heterocycles. The molecule has 0 bridgehead atoms. The van der Waals surface area contributed by atoms with Gasteiger partial charge in [0.15, 0.2) is 0 Å². The molecule has 0 spiro atoms. The number of fused-ring (bicyclic) bond motifs is 2. The van der Waals surface area contributed by atoms with Crippen LogP contribution in [0.3, 0.4) is 0 Å². The van der Waals surface area contributed by atoms with Crippen LogP contribution in [0.25, 0.3) is 21.9 Å². The molecule has 0 fully saturated rings. The van der Waals surface area contributed by atoms with E-state index in [1.54, 1.807) is 10.4 Å². The highest BCUT2D eigenvalue weighted by atomic mass is 31.2. The molecule has 7 rings (SSSR count). The second-order valence-electron chi connectivity index (χ2n) is 18.8. The first-order valence-corrected chi connectivity index (χ1v) is 33.4. The van der Waals surface area contributed by atoms with Crippen LogP contribution in [-0.2, 0) is 0 Å². The van der Waals surface area contributed by atoms with E-state index >= 15 is 0 Å². The molecule has 0 amide bonds. The average Bonchev–Trinajstić information content (AvgIpc) is 4.06. The zero-order valence-electron chi connectivity index (χ0n) is 40.7. The summed E-state index contributed by atoms with van der Waals surface area (Å²) in [5.74, 6) is 0. The molecule has 0 aliphatic carbocycles. The summed E-state index contributed by atoms with van der Waals surface area (Å²) in [4.78, 5) is 0. The van der Waals surface area contributed by atoms with Crippen LogP contribution < -0.4 is 36.0 Å². The lowest BCUT2D eigenvalue weighted by Gasteiger charge is -2.41. The number of hydrogen-bond donors (Lipinski definition) is 0. The van der Waals surface area contributed by atoms with Gasteiger partial charge in [-0.1, -0.05) is 256 Å². The molecule has 2 heterocycles. The summed E-state index contributed by atoms with van der Waals surface area (Å²) in [6.07, 6.45) is 19.4. The zero-order valence-corrected chi connectivity index (χ0v) is 44.5. The van der Waals surface area contributed by atoms with Crippen LogP contribution in [-0.4, -0.2) is 16.1 Å². The zero-order chi connectivity index (χ0) is 45.5. The van der Waals surface area contributed by atoms with E-state index < -0.39 is 32.3 Å². The number of para-hydroxylation sites is 3. The van der Waals surface area contributed by atoms with Gasteiger partial charge in [0.05, 0.1) is 44.8 Å². The minimum atomic E-state index is -1.72. The molecular formula is C58H77NO2P2Si2. The molecule has 0 N–H and O–H groups in total. The van der Waals surface area contributed by atoms with Crippen molar-refractivity contribution in [3.8, 4) is 0 Å². The Labute approximate surface area is 397 Å². The van der Waals surface area contributed by atoms with Gasteiger partial charge in [0.1, 0.15) is 11.2 Å². The van der Waals surface area contributed by atoms with Crippen molar-refractivity contribution >= 4 is 91.5 Å². The van der Waals surface area contributed by atoms with E-state index in [4.69, 9.17) is 8.83 Å². The first-order chi connectivity index (χ1) is 32.0. The molecule has 0 saturated heterocycles. The molecule has 0 atom stereocenters. The summed E-state index contributed by atoms with van der Waals surface area (Å²) in [6, 6.07) is 58.2. The maximum atomic E-state index is 6.50. The van der Waals surface area contributed by atoms with Gasteiger partial charge in [0.25, 0.3) is 0 Å². The number of anilines is 1. The van der Waals surface area contributed by atoms with Gasteiger partial charge in [-0.25, -0.2) is 0 Å². The van der Waals surface area contributed by atoms with Gasteiger partial charge in [-0.15, -0.1) is 0 Å². The van der Waals surface area contributed by atoms with E-state index in [-0.39, 0.29) is 0 Å². The predicted molar refractivity (Wildman–Crippen MR) is 296 cm³/mol. The first kappa shape index (κ1) is 49.2. The number of rotatable bonds is 27. The fourth-order valence-corrected chi connectivity index (χ4v) is 27.8. The minimum Gasteiger partial charge on any atom is -0.464 e. The molecule has 65 heavy (non-hydrogen) atoms. The molecule has 0 radical (unpaired) electrons. The highest BCUT2D eigenvalue weighted by Crippen LogP contribution is 2.58. The van der Waals surface area contributed by atoms with Crippen LogP contribution in [0, 0.1) is 0 Å². The number of unbranched alkanes of at least 4 members (excludes halogenated alkanes) is 6. The minimum absolute atomic E-state index is 0.959. The fraction of sp³-hybridized carbons (Fsp3) is 0.414. The molecule has 7 aromatic rings. The Morgan fingerprint density at radius 1 is 0.385 bits per heavy atom. The molecule has 5 aromatic carbocycles. The molecular weight excluding hydrogens is 861 g/mol. The molecule has 2 aromatic heterocycles. The largest absolute Gasteiger partial charge is 0.464 e. The summed E-state index contributed by atoms with van der Waals surface area (Å²) in [5.41, 5.74) is 3.14. The highest BCUT2D eigenvalue weighted by Gasteiger charge is 2.38. The van der Waals surface area contributed by atoms with Gasteiger partial charge in [-0.05, 0) is 36.4 Å². The van der Waals surface area contributed by atoms with Gasteiger partial charge in [0, 0.05) is 37.7 Å². The monoisotopic (exact) mass is 937 g/mol. The smallest absolute Gasteiger partial charge is 0.143 e. The summed E-state index contributed by atoms with van der Waals surface area (Å²) in [6.45, 7) is 14.3. The number of furan rings is 2. The molecule has 0 saturated carbocycles. The van der Waals surface area contributed by atoms with Crippen LogP contribution in [0.2, 0.25) is 36.3 Å². The van der Waals surface area contributed by atoms with Gasteiger partial charge >= 0.3 is 0 Å². The van der Waals surface area contributed by atoms with Crippen LogP contribution in [0.1, 0.15) is 119 Å². The number of nitrogens with zero attached hydrogens (tertiary/aromatic N) is 1. The van der Waals surface area contributed by atoms with Crippen molar-refractivity contribution in [1.82, 2.24) is 0 Å². The summed E-state index contributed by atoms with van der Waals surface area (Å²) in [7, 11) is -5.79. The standard InChI is InChI=1S/C58H77NO2P2Si2/c1-7-13-42-64(43-14-8-2,44-15-9-3)53-34-30-51(31-35-53)62(52-32-36-54(37-33-52)65(45-16-10-4,46-17-11-5)47-18-12-6)59(50-26-20-19-21-27-50)63(55-28-22-24-48-38-40-60-57(48)55)56-29-23-25-49-39-41-61-58(49)56/h19-41H,7-18,42-47H2,1-6H3. The predicted octanol–water partition coefficient (Wildman–Crippen LogP) is 16.2. The quantitative estimate of drug-likeness (QED) is 0.0380. The molecule has 0 aliphatic rings. The van der Waals surface area contributed by atoms with E-state index in [2.05, 4.69) is 173 Å². The topological polar surface area (TPSA) is 29.5 Å². The van der Waals surface area contributed by atoms with Gasteiger partial charge in [-0.3, -0.25) is 0 Å². The summed E-state index contributed by atoms with van der Waals surface area (Å²) < 4.78 is 15.8. The lowest BCUT2D eigenvalue weighted by Crippen LogP contribution is -2.48. The Morgan fingerprint density at radius 2 is 0.754 bits per heavy atom. The van der Waals surface area contributed by atoms with E-state index in [0.29, 0.717) is 0 Å². The maximum Gasteiger partial charge on any atom is 0.143 e. The van der Waals surface area contributed by atoms with E-state index in [1.807, 2.05) is 12.5 Å². The molecule has 0 unspecified atom stereocenters.